The van der Waals surface area contributed by atoms with Gasteiger partial charge in [0.1, 0.15) is 5.38 Å². The SMILES string of the molecule is COC(C(=O)O)N(C(=O)C(C)Cl)c1ccccc1. The third-order valence-corrected chi connectivity index (χ3v) is 2.47. The number of benzene rings is 1. The number of anilines is 1. The van der Waals surface area contributed by atoms with E-state index in [0.717, 1.165) is 4.90 Å². The van der Waals surface area contributed by atoms with E-state index in [4.69, 9.17) is 21.4 Å². The predicted octanol–water partition coefficient (Wildman–Crippen LogP) is 1.70. The fourth-order valence-corrected chi connectivity index (χ4v) is 1.58. The molecular formula is C12H14ClNO4. The van der Waals surface area contributed by atoms with E-state index in [-0.39, 0.29) is 0 Å². The maximum atomic E-state index is 12.0. The van der Waals surface area contributed by atoms with Gasteiger partial charge in [0.25, 0.3) is 0 Å². The van der Waals surface area contributed by atoms with Crippen LogP contribution in [-0.2, 0) is 14.3 Å². The number of carbonyl (C=O) groups excluding carboxylic acids is 1. The number of carbonyl (C=O) groups is 2. The van der Waals surface area contributed by atoms with E-state index in [2.05, 4.69) is 0 Å². The smallest absolute Gasteiger partial charge is 0.354 e. The highest BCUT2D eigenvalue weighted by atomic mass is 35.5. The molecule has 98 valence electrons. The number of para-hydroxylation sites is 1. The van der Waals surface area contributed by atoms with Crippen LogP contribution in [0.1, 0.15) is 6.92 Å². The summed E-state index contributed by atoms with van der Waals surface area (Å²) in [7, 11) is 1.22. The Morgan fingerprint density at radius 1 is 1.33 bits per heavy atom. The summed E-state index contributed by atoms with van der Waals surface area (Å²) in [6.07, 6.45) is -1.40. The van der Waals surface area contributed by atoms with Crippen molar-refractivity contribution in [1.29, 1.82) is 0 Å². The first-order valence-electron chi connectivity index (χ1n) is 5.26. The highest BCUT2D eigenvalue weighted by Gasteiger charge is 2.32. The molecule has 1 N–H and O–H groups in total. The second-order valence-electron chi connectivity index (χ2n) is 3.59. The number of nitrogens with zero attached hydrogens (tertiary/aromatic N) is 1. The molecule has 5 nitrogen and oxygen atoms in total. The summed E-state index contributed by atoms with van der Waals surface area (Å²) in [6.45, 7) is 1.48. The molecule has 1 aromatic carbocycles. The third-order valence-electron chi connectivity index (χ3n) is 2.28. The number of carboxylic acids is 1. The number of alkyl halides is 1. The fraction of sp³-hybridized carbons (Fsp3) is 0.333. The normalized spacial score (nSPS) is 13.7. The second kappa shape index (κ2) is 6.37. The zero-order valence-electron chi connectivity index (χ0n) is 10.0. The lowest BCUT2D eigenvalue weighted by Gasteiger charge is -2.28. The molecule has 2 atom stereocenters. The van der Waals surface area contributed by atoms with Crippen molar-refractivity contribution in [3.8, 4) is 0 Å². The molecule has 0 saturated heterocycles. The van der Waals surface area contributed by atoms with Crippen molar-refractivity contribution in [2.75, 3.05) is 12.0 Å². The average molecular weight is 272 g/mol. The van der Waals surface area contributed by atoms with Gasteiger partial charge in [-0.15, -0.1) is 11.6 Å². The van der Waals surface area contributed by atoms with Crippen LogP contribution in [0.4, 0.5) is 5.69 Å². The Balaban J connectivity index is 3.18. The number of ether oxygens (including phenoxy) is 1. The minimum absolute atomic E-state index is 0.421. The van der Waals surface area contributed by atoms with Crippen molar-refractivity contribution in [1.82, 2.24) is 0 Å². The van der Waals surface area contributed by atoms with Gasteiger partial charge in [0.2, 0.25) is 12.1 Å². The molecule has 0 aliphatic carbocycles. The van der Waals surface area contributed by atoms with Gasteiger partial charge in [-0.25, -0.2) is 4.79 Å². The van der Waals surface area contributed by atoms with Crippen LogP contribution in [-0.4, -0.2) is 35.7 Å². The van der Waals surface area contributed by atoms with Gasteiger partial charge in [0, 0.05) is 12.8 Å². The standard InChI is InChI=1S/C12H14ClNO4/c1-8(13)10(15)14(11(18-2)12(16)17)9-6-4-3-5-7-9/h3-8,11H,1-2H3,(H,16,17). The Kier molecular flexibility index (Phi) is 5.12. The van der Waals surface area contributed by atoms with Crippen molar-refractivity contribution in [3.63, 3.8) is 0 Å². The summed E-state index contributed by atoms with van der Waals surface area (Å²) >= 11 is 5.74. The van der Waals surface area contributed by atoms with Crippen molar-refractivity contribution >= 4 is 29.2 Å². The summed E-state index contributed by atoms with van der Waals surface area (Å²) in [4.78, 5) is 24.1. The summed E-state index contributed by atoms with van der Waals surface area (Å²) in [5.74, 6) is -1.79. The summed E-state index contributed by atoms with van der Waals surface area (Å²) in [5, 5.41) is 8.23. The zero-order chi connectivity index (χ0) is 13.7. The van der Waals surface area contributed by atoms with E-state index in [0.29, 0.717) is 5.69 Å². The van der Waals surface area contributed by atoms with E-state index < -0.39 is 23.5 Å². The molecule has 0 aliphatic heterocycles. The first kappa shape index (κ1) is 14.5. The van der Waals surface area contributed by atoms with Crippen LogP contribution >= 0.6 is 11.6 Å². The molecule has 1 aromatic rings. The van der Waals surface area contributed by atoms with Gasteiger partial charge in [0.05, 0.1) is 0 Å². The number of hydrogen-bond acceptors (Lipinski definition) is 3. The number of amides is 1. The zero-order valence-corrected chi connectivity index (χ0v) is 10.8. The molecule has 1 rings (SSSR count). The van der Waals surface area contributed by atoms with E-state index >= 15 is 0 Å². The number of carboxylic acid groups (broad SMARTS) is 1. The highest BCUT2D eigenvalue weighted by Crippen LogP contribution is 2.19. The van der Waals surface area contributed by atoms with Crippen molar-refractivity contribution < 1.29 is 19.4 Å². The van der Waals surface area contributed by atoms with E-state index in [9.17, 15) is 9.59 Å². The number of aliphatic carboxylic acids is 1. The quantitative estimate of drug-likeness (QED) is 0.654. The molecule has 0 aromatic heterocycles. The molecular weight excluding hydrogens is 258 g/mol. The van der Waals surface area contributed by atoms with Gasteiger partial charge in [0.15, 0.2) is 0 Å². The van der Waals surface area contributed by atoms with Crippen LogP contribution in [0.25, 0.3) is 0 Å². The lowest BCUT2D eigenvalue weighted by Crippen LogP contribution is -2.49. The first-order chi connectivity index (χ1) is 8.49. The van der Waals surface area contributed by atoms with Gasteiger partial charge < -0.3 is 9.84 Å². The summed E-state index contributed by atoms with van der Waals surface area (Å²) in [5.41, 5.74) is 0.421. The monoisotopic (exact) mass is 271 g/mol. The molecule has 0 aliphatic rings. The molecule has 0 fully saturated rings. The molecule has 0 spiro atoms. The molecule has 2 unspecified atom stereocenters. The topological polar surface area (TPSA) is 66.8 Å². The van der Waals surface area contributed by atoms with Crippen molar-refractivity contribution in [2.45, 2.75) is 18.5 Å². The number of halogens is 1. The Morgan fingerprint density at radius 3 is 2.28 bits per heavy atom. The van der Waals surface area contributed by atoms with Gasteiger partial charge in [-0.1, -0.05) is 18.2 Å². The third kappa shape index (κ3) is 3.21. The fourth-order valence-electron chi connectivity index (χ4n) is 1.48. The molecule has 0 bridgehead atoms. The Bertz CT molecular complexity index is 421. The maximum Gasteiger partial charge on any atom is 0.354 e. The Morgan fingerprint density at radius 2 is 1.89 bits per heavy atom. The minimum Gasteiger partial charge on any atom is -0.478 e. The first-order valence-corrected chi connectivity index (χ1v) is 5.70. The molecule has 0 heterocycles. The van der Waals surface area contributed by atoms with Gasteiger partial charge >= 0.3 is 5.97 Å². The number of methoxy groups -OCH3 is 1. The molecule has 18 heavy (non-hydrogen) atoms. The lowest BCUT2D eigenvalue weighted by atomic mass is 10.2. The lowest BCUT2D eigenvalue weighted by molar-refractivity contribution is -0.150. The number of rotatable bonds is 5. The van der Waals surface area contributed by atoms with Crippen molar-refractivity contribution in [3.05, 3.63) is 30.3 Å². The Labute approximate surface area is 110 Å². The maximum absolute atomic E-state index is 12.0. The molecule has 6 heteroatoms. The molecule has 0 saturated carbocycles. The summed E-state index contributed by atoms with van der Waals surface area (Å²) < 4.78 is 4.85. The average Bonchev–Trinajstić information content (AvgIpc) is 2.35. The van der Waals surface area contributed by atoms with Gasteiger partial charge in [-0.2, -0.15) is 0 Å². The van der Waals surface area contributed by atoms with Crippen molar-refractivity contribution in [2.24, 2.45) is 0 Å². The highest BCUT2D eigenvalue weighted by molar-refractivity contribution is 6.32. The number of hydrogen-bond donors (Lipinski definition) is 1. The molecule has 0 radical (unpaired) electrons. The largest absolute Gasteiger partial charge is 0.478 e. The van der Waals surface area contributed by atoms with Gasteiger partial charge in [-0.3, -0.25) is 9.69 Å². The van der Waals surface area contributed by atoms with Crippen LogP contribution < -0.4 is 4.90 Å². The van der Waals surface area contributed by atoms with E-state index in [1.54, 1.807) is 30.3 Å². The Hall–Kier alpha value is -1.59. The van der Waals surface area contributed by atoms with Crippen LogP contribution in [0.5, 0.6) is 0 Å². The summed E-state index contributed by atoms with van der Waals surface area (Å²) in [6, 6.07) is 8.39. The van der Waals surface area contributed by atoms with E-state index in [1.807, 2.05) is 0 Å². The second-order valence-corrected chi connectivity index (χ2v) is 4.24. The van der Waals surface area contributed by atoms with E-state index in [1.165, 1.54) is 14.0 Å². The van der Waals surface area contributed by atoms with Crippen LogP contribution in [0.3, 0.4) is 0 Å². The van der Waals surface area contributed by atoms with Gasteiger partial charge in [-0.05, 0) is 19.1 Å². The molecule has 1 amide bonds. The predicted molar refractivity (Wildman–Crippen MR) is 67.7 cm³/mol. The van der Waals surface area contributed by atoms with Crippen LogP contribution in [0.2, 0.25) is 0 Å². The minimum atomic E-state index is -1.40. The van der Waals surface area contributed by atoms with Crippen LogP contribution in [0, 0.1) is 0 Å². The van der Waals surface area contributed by atoms with Crippen LogP contribution in [0.15, 0.2) is 30.3 Å².